The standard InChI is InChI=1S/C13H14O2/c14-13(11-7-3-1-4-8-11)15-12-9-5-2-6-10-12/h1,3-5,7-9,12H,2,6,10H2/t12-/m1/s1/i2D2,12D. The Kier molecular flexibility index (Phi) is 2.18. The molecule has 1 aliphatic rings. The van der Waals surface area contributed by atoms with E-state index in [9.17, 15) is 4.79 Å². The monoisotopic (exact) mass is 205 g/mol. The number of carbonyl (C=O) groups excluding carboxylic acids is 1. The van der Waals surface area contributed by atoms with E-state index in [1.165, 1.54) is 12.2 Å². The zero-order valence-electron chi connectivity index (χ0n) is 11.3. The first-order valence-corrected chi connectivity index (χ1v) is 4.89. The first-order chi connectivity index (χ1) is 8.40. The van der Waals surface area contributed by atoms with Crippen LogP contribution < -0.4 is 0 Å². The van der Waals surface area contributed by atoms with Gasteiger partial charge in [0.2, 0.25) is 0 Å². The van der Waals surface area contributed by atoms with Crippen LogP contribution in [-0.4, -0.2) is 12.0 Å². The molecule has 0 unspecified atom stereocenters. The number of hydrogen-bond acceptors (Lipinski definition) is 2. The van der Waals surface area contributed by atoms with Crippen LogP contribution in [0.3, 0.4) is 0 Å². The van der Waals surface area contributed by atoms with E-state index >= 15 is 0 Å². The molecule has 0 fully saturated rings. The zero-order chi connectivity index (χ0) is 13.2. The number of carbonyl (C=O) groups is 1. The van der Waals surface area contributed by atoms with Gasteiger partial charge in [0.15, 0.2) is 0 Å². The summed E-state index contributed by atoms with van der Waals surface area (Å²) >= 11 is 0. The van der Waals surface area contributed by atoms with Gasteiger partial charge in [0.25, 0.3) is 0 Å². The van der Waals surface area contributed by atoms with Crippen molar-refractivity contribution < 1.29 is 13.6 Å². The maximum Gasteiger partial charge on any atom is 0.338 e. The molecule has 1 aromatic rings. The highest BCUT2D eigenvalue weighted by molar-refractivity contribution is 5.89. The van der Waals surface area contributed by atoms with Crippen LogP contribution in [0.15, 0.2) is 42.5 Å². The van der Waals surface area contributed by atoms with E-state index in [0.29, 0.717) is 5.56 Å². The molecule has 1 aliphatic carbocycles. The topological polar surface area (TPSA) is 26.3 Å². The van der Waals surface area contributed by atoms with Crippen LogP contribution in [-0.2, 0) is 4.74 Å². The fourth-order valence-electron chi connectivity index (χ4n) is 1.35. The Morgan fingerprint density at radius 2 is 2.27 bits per heavy atom. The summed E-state index contributed by atoms with van der Waals surface area (Å²) in [6.45, 7) is 0. The first kappa shape index (κ1) is 6.83. The third-order valence-corrected chi connectivity index (χ3v) is 2.14. The summed E-state index contributed by atoms with van der Waals surface area (Å²) in [4.78, 5) is 11.8. The van der Waals surface area contributed by atoms with E-state index in [1.54, 1.807) is 30.3 Å². The van der Waals surface area contributed by atoms with Crippen LogP contribution in [0.2, 0.25) is 0 Å². The Bertz CT molecular complexity index is 470. The number of rotatable bonds is 2. The van der Waals surface area contributed by atoms with Crippen LogP contribution in [0.25, 0.3) is 0 Å². The number of hydrogen-bond donors (Lipinski definition) is 0. The van der Waals surface area contributed by atoms with Crippen molar-refractivity contribution in [1.29, 1.82) is 0 Å². The van der Waals surface area contributed by atoms with Crippen molar-refractivity contribution in [3.05, 3.63) is 48.0 Å². The molecule has 0 saturated heterocycles. The van der Waals surface area contributed by atoms with Crippen molar-refractivity contribution in [2.75, 3.05) is 0 Å². The lowest BCUT2D eigenvalue weighted by atomic mass is 10.1. The van der Waals surface area contributed by atoms with Gasteiger partial charge in [-0.1, -0.05) is 24.3 Å². The predicted octanol–water partition coefficient (Wildman–Crippen LogP) is 2.95. The van der Waals surface area contributed by atoms with Gasteiger partial charge in [0.05, 0.1) is 6.93 Å². The lowest BCUT2D eigenvalue weighted by molar-refractivity contribution is 0.0370. The van der Waals surface area contributed by atoms with Crippen LogP contribution in [0.4, 0.5) is 0 Å². The Balaban J connectivity index is 2.09. The van der Waals surface area contributed by atoms with Gasteiger partial charge in [0, 0.05) is 2.74 Å². The minimum Gasteiger partial charge on any atom is -0.455 e. The molecule has 0 spiro atoms. The molecule has 0 heterocycles. The van der Waals surface area contributed by atoms with Crippen molar-refractivity contribution >= 4 is 5.97 Å². The molecule has 78 valence electrons. The molecule has 0 N–H and O–H groups in total. The normalized spacial score (nSPS) is 31.1. The van der Waals surface area contributed by atoms with E-state index in [1.807, 2.05) is 0 Å². The molecular formula is C13H14O2. The number of esters is 1. The lowest BCUT2D eigenvalue weighted by Crippen LogP contribution is -2.17. The van der Waals surface area contributed by atoms with Gasteiger partial charge in [-0.2, -0.15) is 0 Å². The summed E-state index contributed by atoms with van der Waals surface area (Å²) in [5.74, 6) is -0.558. The Hall–Kier alpha value is -1.57. The van der Waals surface area contributed by atoms with Crippen LogP contribution in [0.5, 0.6) is 0 Å². The maximum absolute atomic E-state index is 11.8. The molecule has 0 aliphatic heterocycles. The highest BCUT2D eigenvalue weighted by Gasteiger charge is 2.14. The van der Waals surface area contributed by atoms with Gasteiger partial charge in [0.1, 0.15) is 6.08 Å². The number of allylic oxidation sites excluding steroid dienone is 1. The second kappa shape index (κ2) is 4.78. The number of ether oxygens (including phenoxy) is 1. The summed E-state index contributed by atoms with van der Waals surface area (Å²) in [5.41, 5.74) is 0.395. The Morgan fingerprint density at radius 3 is 2.93 bits per heavy atom. The average molecular weight is 205 g/mol. The summed E-state index contributed by atoms with van der Waals surface area (Å²) in [7, 11) is 0. The fourth-order valence-corrected chi connectivity index (χ4v) is 1.35. The summed E-state index contributed by atoms with van der Waals surface area (Å²) in [6.07, 6.45) is 0.0749. The molecule has 2 heteroatoms. The molecule has 0 saturated carbocycles. The van der Waals surface area contributed by atoms with Crippen molar-refractivity contribution in [2.24, 2.45) is 0 Å². The van der Waals surface area contributed by atoms with Gasteiger partial charge in [-0.3, -0.25) is 0 Å². The smallest absolute Gasteiger partial charge is 0.338 e. The van der Waals surface area contributed by atoms with E-state index in [2.05, 4.69) is 0 Å². The van der Waals surface area contributed by atoms with Crippen molar-refractivity contribution in [1.82, 2.24) is 0 Å². The quantitative estimate of drug-likeness (QED) is 0.548. The summed E-state index contributed by atoms with van der Waals surface area (Å²) in [5, 5.41) is 0. The zero-order valence-corrected chi connectivity index (χ0v) is 8.27. The van der Waals surface area contributed by atoms with E-state index in [-0.39, 0.29) is 12.8 Å². The van der Waals surface area contributed by atoms with E-state index < -0.39 is 18.4 Å². The molecule has 15 heavy (non-hydrogen) atoms. The third kappa shape index (κ3) is 2.69. The van der Waals surface area contributed by atoms with Crippen LogP contribution >= 0.6 is 0 Å². The summed E-state index contributed by atoms with van der Waals surface area (Å²) in [6, 6.07) is 8.49. The van der Waals surface area contributed by atoms with Crippen LogP contribution in [0, 0.1) is 0 Å². The molecule has 0 radical (unpaired) electrons. The average Bonchev–Trinajstić information content (AvgIpc) is 2.35. The fraction of sp³-hybridized carbons (Fsp3) is 0.308. The van der Waals surface area contributed by atoms with Gasteiger partial charge < -0.3 is 4.74 Å². The Morgan fingerprint density at radius 1 is 1.47 bits per heavy atom. The van der Waals surface area contributed by atoms with Crippen molar-refractivity contribution in [3.8, 4) is 0 Å². The van der Waals surface area contributed by atoms with Crippen molar-refractivity contribution in [2.45, 2.75) is 25.3 Å². The van der Waals surface area contributed by atoms with Gasteiger partial charge in [-0.05, 0) is 37.4 Å². The second-order valence-electron chi connectivity index (χ2n) is 3.26. The van der Waals surface area contributed by atoms with Crippen LogP contribution in [0.1, 0.15) is 33.7 Å². The largest absolute Gasteiger partial charge is 0.455 e. The molecule has 0 aromatic heterocycles. The second-order valence-corrected chi connectivity index (χ2v) is 3.26. The van der Waals surface area contributed by atoms with E-state index in [4.69, 9.17) is 8.85 Å². The minimum absolute atomic E-state index is 0.162. The predicted molar refractivity (Wildman–Crippen MR) is 58.6 cm³/mol. The molecular weight excluding hydrogens is 188 g/mol. The lowest BCUT2D eigenvalue weighted by Gasteiger charge is -2.16. The Labute approximate surface area is 93.8 Å². The van der Waals surface area contributed by atoms with Gasteiger partial charge in [-0.25, -0.2) is 4.79 Å². The third-order valence-electron chi connectivity index (χ3n) is 2.14. The highest BCUT2D eigenvalue weighted by Crippen LogP contribution is 2.15. The maximum atomic E-state index is 11.8. The molecule has 0 amide bonds. The SMILES string of the molecule is [2H]C1([2H])C=C[C@@]([2H])(OC(=O)c2ccccc2)CC1. The molecule has 2 nitrogen and oxygen atoms in total. The summed E-state index contributed by atoms with van der Waals surface area (Å²) < 4.78 is 28.1. The van der Waals surface area contributed by atoms with E-state index in [0.717, 1.165) is 0 Å². The molecule has 2 rings (SSSR count). The van der Waals surface area contributed by atoms with Crippen molar-refractivity contribution in [3.63, 3.8) is 0 Å². The first-order valence-electron chi connectivity index (χ1n) is 6.39. The van der Waals surface area contributed by atoms with Gasteiger partial charge in [-0.15, -0.1) is 0 Å². The number of benzene rings is 1. The molecule has 1 atom stereocenters. The van der Waals surface area contributed by atoms with Gasteiger partial charge >= 0.3 is 5.97 Å². The highest BCUT2D eigenvalue weighted by atomic mass is 16.5. The molecule has 0 bridgehead atoms. The minimum atomic E-state index is -1.46. The molecule has 1 aromatic carbocycles.